The number of rotatable bonds is 7. The van der Waals surface area contributed by atoms with E-state index in [4.69, 9.17) is 23.7 Å². The van der Waals surface area contributed by atoms with Crippen LogP contribution < -0.4 is 0 Å². The molecule has 0 amide bonds. The van der Waals surface area contributed by atoms with E-state index in [9.17, 15) is 5.11 Å². The Bertz CT molecular complexity index is 426. The Balaban J connectivity index is 2.04. The summed E-state index contributed by atoms with van der Waals surface area (Å²) in [7, 11) is 4.62. The largest absolute Gasteiger partial charge is 0.387 e. The van der Waals surface area contributed by atoms with Crippen molar-refractivity contribution in [3.05, 3.63) is 35.9 Å². The first kappa shape index (κ1) is 17.3. The van der Waals surface area contributed by atoms with E-state index in [0.29, 0.717) is 13.2 Å². The van der Waals surface area contributed by atoms with Crippen LogP contribution in [0.15, 0.2) is 30.3 Å². The van der Waals surface area contributed by atoms with Crippen molar-refractivity contribution in [2.45, 2.75) is 37.3 Å². The lowest BCUT2D eigenvalue weighted by Gasteiger charge is -2.43. The number of aliphatic hydroxyl groups is 1. The number of hydrogen-bond donors (Lipinski definition) is 1. The third-order valence-electron chi connectivity index (χ3n) is 3.74. The van der Waals surface area contributed by atoms with Gasteiger partial charge in [0.25, 0.3) is 0 Å². The first-order valence-electron chi connectivity index (χ1n) is 7.24. The molecule has 1 heterocycles. The van der Waals surface area contributed by atoms with Crippen LogP contribution in [0.4, 0.5) is 0 Å². The average molecular weight is 312 g/mol. The fourth-order valence-electron chi connectivity index (χ4n) is 2.62. The van der Waals surface area contributed by atoms with Gasteiger partial charge in [-0.05, 0) is 5.56 Å². The smallest absolute Gasteiger partial charge is 0.186 e. The predicted octanol–water partition coefficient (Wildman–Crippen LogP) is 0.965. The van der Waals surface area contributed by atoms with Gasteiger partial charge in [-0.3, -0.25) is 0 Å². The van der Waals surface area contributed by atoms with Crippen molar-refractivity contribution >= 4 is 0 Å². The molecule has 22 heavy (non-hydrogen) atoms. The molecule has 0 bridgehead atoms. The summed E-state index contributed by atoms with van der Waals surface area (Å²) in [6.07, 6.45) is -3.13. The molecule has 5 atom stereocenters. The van der Waals surface area contributed by atoms with E-state index in [1.165, 1.54) is 14.2 Å². The molecule has 0 aromatic heterocycles. The first-order valence-corrected chi connectivity index (χ1v) is 7.24. The molecular formula is C16H24O6. The van der Waals surface area contributed by atoms with Crippen LogP contribution >= 0.6 is 0 Å². The fourth-order valence-corrected chi connectivity index (χ4v) is 2.62. The minimum absolute atomic E-state index is 0.306. The highest BCUT2D eigenvalue weighted by atomic mass is 16.7. The molecule has 1 aromatic carbocycles. The summed E-state index contributed by atoms with van der Waals surface area (Å²) in [5, 5.41) is 10.5. The monoisotopic (exact) mass is 312 g/mol. The molecule has 6 heteroatoms. The standard InChI is InChI=1S/C16H24O6/c1-18-10-12-14(19-2)13(17)15(16(20-3)22-12)21-9-11-7-5-4-6-8-11/h4-8,12-17H,9-10H2,1-3H3/t12-,13+,14-,15+,16+/m1/s1. The summed E-state index contributed by atoms with van der Waals surface area (Å²) < 4.78 is 27.4. The van der Waals surface area contributed by atoms with E-state index in [1.807, 2.05) is 30.3 Å². The normalized spacial score (nSPS) is 32.1. The Hall–Kier alpha value is -1.02. The number of ether oxygens (including phenoxy) is 5. The summed E-state index contributed by atoms with van der Waals surface area (Å²) in [5.74, 6) is 0. The molecule has 1 aliphatic rings. The minimum Gasteiger partial charge on any atom is -0.387 e. The Kier molecular flexibility index (Phi) is 6.75. The molecule has 0 unspecified atom stereocenters. The van der Waals surface area contributed by atoms with Crippen LogP contribution in [0, 0.1) is 0 Å². The summed E-state index contributed by atoms with van der Waals surface area (Å²) in [6.45, 7) is 0.665. The van der Waals surface area contributed by atoms with Gasteiger partial charge in [0.2, 0.25) is 0 Å². The minimum atomic E-state index is -0.868. The van der Waals surface area contributed by atoms with Gasteiger partial charge in [-0.1, -0.05) is 30.3 Å². The lowest BCUT2D eigenvalue weighted by molar-refractivity contribution is -0.309. The van der Waals surface area contributed by atoms with Crippen molar-refractivity contribution in [1.82, 2.24) is 0 Å². The Morgan fingerprint density at radius 1 is 1.05 bits per heavy atom. The molecule has 1 aliphatic heterocycles. The van der Waals surface area contributed by atoms with E-state index < -0.39 is 30.7 Å². The molecule has 1 saturated heterocycles. The van der Waals surface area contributed by atoms with Crippen LogP contribution in [0.2, 0.25) is 0 Å². The van der Waals surface area contributed by atoms with Crippen molar-refractivity contribution < 1.29 is 28.8 Å². The molecular weight excluding hydrogens is 288 g/mol. The molecule has 0 aliphatic carbocycles. The number of methoxy groups -OCH3 is 3. The maximum absolute atomic E-state index is 10.5. The van der Waals surface area contributed by atoms with Gasteiger partial charge in [-0.2, -0.15) is 0 Å². The highest BCUT2D eigenvalue weighted by Gasteiger charge is 2.46. The van der Waals surface area contributed by atoms with E-state index >= 15 is 0 Å². The zero-order valence-corrected chi connectivity index (χ0v) is 13.2. The van der Waals surface area contributed by atoms with E-state index in [1.54, 1.807) is 7.11 Å². The lowest BCUT2D eigenvalue weighted by Crippen LogP contribution is -2.60. The molecule has 0 saturated carbocycles. The highest BCUT2D eigenvalue weighted by molar-refractivity contribution is 5.13. The molecule has 0 radical (unpaired) electrons. The number of benzene rings is 1. The number of hydrogen-bond acceptors (Lipinski definition) is 6. The van der Waals surface area contributed by atoms with Crippen LogP contribution in [-0.4, -0.2) is 63.7 Å². The van der Waals surface area contributed by atoms with Gasteiger partial charge in [0.05, 0.1) is 13.2 Å². The number of aliphatic hydroxyl groups excluding tert-OH is 1. The van der Waals surface area contributed by atoms with Crippen molar-refractivity contribution in [2.24, 2.45) is 0 Å². The van der Waals surface area contributed by atoms with Gasteiger partial charge in [0.15, 0.2) is 6.29 Å². The van der Waals surface area contributed by atoms with Crippen LogP contribution in [-0.2, 0) is 30.3 Å². The Labute approximate surface area is 130 Å². The van der Waals surface area contributed by atoms with Gasteiger partial charge in [-0.15, -0.1) is 0 Å². The van der Waals surface area contributed by atoms with Gasteiger partial charge in [0.1, 0.15) is 24.4 Å². The molecule has 2 rings (SSSR count). The van der Waals surface area contributed by atoms with Crippen molar-refractivity contribution in [3.8, 4) is 0 Å². The molecule has 1 N–H and O–H groups in total. The van der Waals surface area contributed by atoms with Crippen LogP contribution in [0.25, 0.3) is 0 Å². The van der Waals surface area contributed by atoms with Gasteiger partial charge >= 0.3 is 0 Å². The van der Waals surface area contributed by atoms with Gasteiger partial charge in [-0.25, -0.2) is 0 Å². The molecule has 0 spiro atoms. The second-order valence-corrected chi connectivity index (χ2v) is 5.19. The lowest BCUT2D eigenvalue weighted by atomic mass is 9.98. The van der Waals surface area contributed by atoms with E-state index in [2.05, 4.69) is 0 Å². The van der Waals surface area contributed by atoms with Crippen LogP contribution in [0.3, 0.4) is 0 Å². The van der Waals surface area contributed by atoms with Crippen molar-refractivity contribution in [2.75, 3.05) is 27.9 Å². The first-order chi connectivity index (χ1) is 10.7. The van der Waals surface area contributed by atoms with Crippen molar-refractivity contribution in [1.29, 1.82) is 0 Å². The molecule has 124 valence electrons. The average Bonchev–Trinajstić information content (AvgIpc) is 2.55. The fraction of sp³-hybridized carbons (Fsp3) is 0.625. The third-order valence-corrected chi connectivity index (χ3v) is 3.74. The molecule has 1 fully saturated rings. The van der Waals surface area contributed by atoms with E-state index in [0.717, 1.165) is 5.56 Å². The second kappa shape index (κ2) is 8.57. The van der Waals surface area contributed by atoms with E-state index in [-0.39, 0.29) is 0 Å². The Morgan fingerprint density at radius 3 is 2.36 bits per heavy atom. The van der Waals surface area contributed by atoms with Gasteiger partial charge in [0, 0.05) is 21.3 Å². The summed E-state index contributed by atoms with van der Waals surface area (Å²) >= 11 is 0. The molecule has 1 aromatic rings. The van der Waals surface area contributed by atoms with Crippen LogP contribution in [0.5, 0.6) is 0 Å². The zero-order chi connectivity index (χ0) is 15.9. The summed E-state index contributed by atoms with van der Waals surface area (Å²) in [6, 6.07) is 9.73. The SMILES string of the molecule is COC[C@H]1O[C@H](OC)[C@@H](OCc2ccccc2)[C@@H](O)[C@@H]1OC. The Morgan fingerprint density at radius 2 is 1.77 bits per heavy atom. The zero-order valence-electron chi connectivity index (χ0n) is 13.2. The maximum atomic E-state index is 10.5. The van der Waals surface area contributed by atoms with Crippen LogP contribution in [0.1, 0.15) is 5.56 Å². The summed E-state index contributed by atoms with van der Waals surface area (Å²) in [4.78, 5) is 0. The van der Waals surface area contributed by atoms with Crippen molar-refractivity contribution in [3.63, 3.8) is 0 Å². The second-order valence-electron chi connectivity index (χ2n) is 5.19. The predicted molar refractivity (Wildman–Crippen MR) is 79.4 cm³/mol. The quantitative estimate of drug-likeness (QED) is 0.809. The summed E-state index contributed by atoms with van der Waals surface area (Å²) in [5.41, 5.74) is 1.01. The topological polar surface area (TPSA) is 66.4 Å². The third kappa shape index (κ3) is 4.04. The van der Waals surface area contributed by atoms with Gasteiger partial charge < -0.3 is 28.8 Å². The molecule has 6 nitrogen and oxygen atoms in total. The maximum Gasteiger partial charge on any atom is 0.186 e. The highest BCUT2D eigenvalue weighted by Crippen LogP contribution is 2.26.